The first-order valence-electron chi connectivity index (χ1n) is 8.57. The number of aliphatic hydroxyl groups excluding tert-OH is 1. The van der Waals surface area contributed by atoms with Crippen LogP contribution in [0, 0.1) is 5.92 Å². The molecule has 0 unspecified atom stereocenters. The lowest BCUT2D eigenvalue weighted by Crippen LogP contribution is -2.43. The highest BCUT2D eigenvalue weighted by Gasteiger charge is 2.39. The number of benzene rings is 1. The van der Waals surface area contributed by atoms with E-state index in [0.29, 0.717) is 24.6 Å². The maximum Gasteiger partial charge on any atom is 0.322 e. The van der Waals surface area contributed by atoms with E-state index >= 15 is 0 Å². The number of methoxy groups -OCH3 is 1. The van der Waals surface area contributed by atoms with Gasteiger partial charge in [-0.05, 0) is 37.3 Å². The molecule has 5 heteroatoms. The molecule has 1 heterocycles. The van der Waals surface area contributed by atoms with E-state index in [0.717, 1.165) is 5.69 Å². The van der Waals surface area contributed by atoms with E-state index in [-0.39, 0.29) is 12.1 Å². The minimum Gasteiger partial charge on any atom is -0.497 e. The van der Waals surface area contributed by atoms with E-state index in [9.17, 15) is 9.90 Å². The number of nitrogens with one attached hydrogen (secondary N) is 1. The lowest BCUT2D eigenvalue weighted by Gasteiger charge is -2.33. The van der Waals surface area contributed by atoms with Gasteiger partial charge >= 0.3 is 6.03 Å². The zero-order chi connectivity index (χ0) is 16.2. The summed E-state index contributed by atoms with van der Waals surface area (Å²) in [7, 11) is 1.61. The molecular formula is C18H26N2O3. The third-order valence-corrected chi connectivity index (χ3v) is 5.10. The van der Waals surface area contributed by atoms with Crippen molar-refractivity contribution in [1.29, 1.82) is 0 Å². The first-order valence-corrected chi connectivity index (χ1v) is 8.57. The summed E-state index contributed by atoms with van der Waals surface area (Å²) in [5.74, 6) is 1.24. The Hall–Kier alpha value is -1.75. The molecule has 5 nitrogen and oxygen atoms in total. The number of β-amino-alcohol motifs (C(OH)–C–C–N with tert-alkyl or cyclic N) is 1. The number of amides is 2. The number of aliphatic hydroxyl groups is 1. The molecule has 0 aromatic heterocycles. The molecular weight excluding hydrogens is 292 g/mol. The Balaban J connectivity index is 1.68. The van der Waals surface area contributed by atoms with Crippen molar-refractivity contribution in [2.75, 3.05) is 19.0 Å². The van der Waals surface area contributed by atoms with E-state index in [4.69, 9.17) is 4.74 Å². The maximum absolute atomic E-state index is 12.7. The van der Waals surface area contributed by atoms with Crippen LogP contribution in [0.4, 0.5) is 10.5 Å². The molecule has 1 saturated carbocycles. The highest BCUT2D eigenvalue weighted by atomic mass is 16.5. The van der Waals surface area contributed by atoms with Gasteiger partial charge in [0.25, 0.3) is 0 Å². The molecule has 23 heavy (non-hydrogen) atoms. The fourth-order valence-electron chi connectivity index (χ4n) is 3.94. The van der Waals surface area contributed by atoms with E-state index in [2.05, 4.69) is 5.32 Å². The summed E-state index contributed by atoms with van der Waals surface area (Å²) in [6.07, 6.45) is 6.40. The minimum absolute atomic E-state index is 0.120. The third-order valence-electron chi connectivity index (χ3n) is 5.10. The van der Waals surface area contributed by atoms with Crippen LogP contribution in [0.1, 0.15) is 38.5 Å². The van der Waals surface area contributed by atoms with Crippen LogP contribution < -0.4 is 10.1 Å². The Kier molecular flexibility index (Phi) is 5.06. The largest absolute Gasteiger partial charge is 0.497 e. The van der Waals surface area contributed by atoms with Crippen LogP contribution in [-0.2, 0) is 0 Å². The average molecular weight is 318 g/mol. The van der Waals surface area contributed by atoms with Gasteiger partial charge in [0.1, 0.15) is 5.75 Å². The Morgan fingerprint density at radius 3 is 2.83 bits per heavy atom. The molecule has 1 aliphatic carbocycles. The van der Waals surface area contributed by atoms with Crippen molar-refractivity contribution < 1.29 is 14.6 Å². The highest BCUT2D eigenvalue weighted by molar-refractivity contribution is 5.90. The van der Waals surface area contributed by atoms with Crippen molar-refractivity contribution in [1.82, 2.24) is 4.90 Å². The summed E-state index contributed by atoms with van der Waals surface area (Å²) in [5.41, 5.74) is 0.720. The Morgan fingerprint density at radius 1 is 1.30 bits per heavy atom. The Morgan fingerprint density at radius 2 is 2.09 bits per heavy atom. The number of hydrogen-bond donors (Lipinski definition) is 2. The van der Waals surface area contributed by atoms with E-state index < -0.39 is 6.10 Å². The van der Waals surface area contributed by atoms with Crippen LogP contribution in [0.3, 0.4) is 0 Å². The van der Waals surface area contributed by atoms with Crippen molar-refractivity contribution in [3.05, 3.63) is 24.3 Å². The number of anilines is 1. The second kappa shape index (κ2) is 7.21. The molecule has 3 rings (SSSR count). The molecule has 0 spiro atoms. The number of rotatable bonds is 3. The summed E-state index contributed by atoms with van der Waals surface area (Å²) in [6.45, 7) is 0.428. The second-order valence-corrected chi connectivity index (χ2v) is 6.67. The zero-order valence-corrected chi connectivity index (χ0v) is 13.7. The summed E-state index contributed by atoms with van der Waals surface area (Å²) in [5, 5.41) is 13.0. The van der Waals surface area contributed by atoms with Crippen LogP contribution in [0.2, 0.25) is 0 Å². The van der Waals surface area contributed by atoms with Crippen LogP contribution in [-0.4, -0.2) is 41.8 Å². The number of likely N-dealkylation sites (tertiary alicyclic amines) is 1. The molecule has 1 aliphatic heterocycles. The van der Waals surface area contributed by atoms with Gasteiger partial charge in [0.15, 0.2) is 0 Å². The quantitative estimate of drug-likeness (QED) is 0.899. The van der Waals surface area contributed by atoms with Crippen molar-refractivity contribution in [2.45, 2.75) is 50.7 Å². The smallest absolute Gasteiger partial charge is 0.322 e. The molecule has 126 valence electrons. The first-order chi connectivity index (χ1) is 11.2. The lowest BCUT2D eigenvalue weighted by atomic mass is 9.83. The molecule has 0 bridgehead atoms. The van der Waals surface area contributed by atoms with Gasteiger partial charge in [-0.2, -0.15) is 0 Å². The molecule has 1 aromatic carbocycles. The summed E-state index contributed by atoms with van der Waals surface area (Å²) < 4.78 is 5.19. The second-order valence-electron chi connectivity index (χ2n) is 6.67. The molecule has 2 fully saturated rings. The van der Waals surface area contributed by atoms with Crippen molar-refractivity contribution in [3.8, 4) is 5.75 Å². The standard InChI is InChI=1S/C18H26N2O3/c1-23-16-9-5-8-14(10-16)19-18(22)20-12-15(21)11-17(20)13-6-3-2-4-7-13/h5,8-10,13,15,17,21H,2-4,6-7,11-12H2,1H3,(H,19,22)/t15-,17+/m0/s1. The van der Waals surface area contributed by atoms with Crippen LogP contribution in [0.15, 0.2) is 24.3 Å². The first kappa shape index (κ1) is 16.1. The van der Waals surface area contributed by atoms with E-state index in [1.165, 1.54) is 32.1 Å². The predicted octanol–water partition coefficient (Wildman–Crippen LogP) is 3.24. The molecule has 2 amide bonds. The van der Waals surface area contributed by atoms with E-state index in [1.807, 2.05) is 23.1 Å². The van der Waals surface area contributed by atoms with Crippen molar-refractivity contribution >= 4 is 11.7 Å². The van der Waals surface area contributed by atoms with Gasteiger partial charge in [-0.3, -0.25) is 0 Å². The number of urea groups is 1. The van der Waals surface area contributed by atoms with E-state index in [1.54, 1.807) is 13.2 Å². The van der Waals surface area contributed by atoms with Gasteiger partial charge in [-0.25, -0.2) is 4.79 Å². The third kappa shape index (κ3) is 3.78. The van der Waals surface area contributed by atoms with Gasteiger partial charge in [-0.15, -0.1) is 0 Å². The van der Waals surface area contributed by atoms with Gasteiger partial charge in [0, 0.05) is 24.3 Å². The molecule has 1 saturated heterocycles. The molecule has 1 aromatic rings. The highest BCUT2D eigenvalue weighted by Crippen LogP contribution is 2.34. The average Bonchev–Trinajstić information content (AvgIpc) is 2.98. The molecule has 2 atom stereocenters. The Labute approximate surface area is 137 Å². The number of nitrogens with zero attached hydrogens (tertiary/aromatic N) is 1. The molecule has 2 N–H and O–H groups in total. The van der Waals surface area contributed by atoms with Crippen LogP contribution in [0.25, 0.3) is 0 Å². The Bertz CT molecular complexity index is 543. The fraction of sp³-hybridized carbons (Fsp3) is 0.611. The molecule has 2 aliphatic rings. The lowest BCUT2D eigenvalue weighted by molar-refractivity contribution is 0.164. The number of hydrogen-bond acceptors (Lipinski definition) is 3. The summed E-state index contributed by atoms with van der Waals surface area (Å²) in [4.78, 5) is 14.5. The normalized spacial score (nSPS) is 25.4. The van der Waals surface area contributed by atoms with Gasteiger partial charge < -0.3 is 20.1 Å². The predicted molar refractivity (Wildman–Crippen MR) is 89.7 cm³/mol. The topological polar surface area (TPSA) is 61.8 Å². The van der Waals surface area contributed by atoms with Gasteiger partial charge in [0.05, 0.1) is 13.2 Å². The number of carbonyl (C=O) groups is 1. The molecule has 0 radical (unpaired) electrons. The number of carbonyl (C=O) groups excluding carboxylic acids is 1. The van der Waals surface area contributed by atoms with Crippen LogP contribution >= 0.6 is 0 Å². The van der Waals surface area contributed by atoms with Crippen molar-refractivity contribution in [2.24, 2.45) is 5.92 Å². The van der Waals surface area contributed by atoms with Gasteiger partial charge in [-0.1, -0.05) is 25.3 Å². The minimum atomic E-state index is -0.405. The SMILES string of the molecule is COc1cccc(NC(=O)N2C[C@@H](O)C[C@@H]2C2CCCCC2)c1. The summed E-state index contributed by atoms with van der Waals surface area (Å²) >= 11 is 0. The van der Waals surface area contributed by atoms with Gasteiger partial charge in [0.2, 0.25) is 0 Å². The maximum atomic E-state index is 12.7. The zero-order valence-electron chi connectivity index (χ0n) is 13.7. The monoisotopic (exact) mass is 318 g/mol. The number of ether oxygens (including phenoxy) is 1. The fourth-order valence-corrected chi connectivity index (χ4v) is 3.94. The summed E-state index contributed by atoms with van der Waals surface area (Å²) in [6, 6.07) is 7.40. The van der Waals surface area contributed by atoms with Crippen molar-refractivity contribution in [3.63, 3.8) is 0 Å². The van der Waals surface area contributed by atoms with Crippen LogP contribution in [0.5, 0.6) is 5.75 Å².